The van der Waals surface area contributed by atoms with Gasteiger partial charge in [-0.15, -0.1) is 0 Å². The van der Waals surface area contributed by atoms with Crippen LogP contribution in [0.1, 0.15) is 42.4 Å². The first-order valence-electron chi connectivity index (χ1n) is 16.0. The van der Waals surface area contributed by atoms with Gasteiger partial charge in [0, 0.05) is 24.3 Å². The Balaban J connectivity index is 1.48. The van der Waals surface area contributed by atoms with Gasteiger partial charge in [0.2, 0.25) is 0 Å². The monoisotopic (exact) mass is 722 g/mol. The standard InChI is InChI=1S/C39H37F3O10/c1-3-35(43)49-25-7-5-23-47-30-15-9-28(10-16-30)13-21-37(45)51-32-19-20-34(33(27-32)39(40,41)42)52-38(46)22-14-29-11-17-31(18-12-29)48-24-6-8-26-50-36(44)4-2/h3-4,9-22,27H,1-2,5-8,23-26H2/b21-13+,22-14+. The van der Waals surface area contributed by atoms with Crippen molar-refractivity contribution >= 4 is 36.0 Å². The number of ether oxygens (including phenoxy) is 6. The number of alkyl halides is 3. The molecule has 0 aliphatic rings. The highest BCUT2D eigenvalue weighted by atomic mass is 19.4. The molecule has 3 rings (SSSR count). The molecule has 0 spiro atoms. The molecule has 3 aromatic rings. The van der Waals surface area contributed by atoms with Gasteiger partial charge < -0.3 is 28.4 Å². The van der Waals surface area contributed by atoms with Crippen molar-refractivity contribution in [1.82, 2.24) is 0 Å². The lowest BCUT2D eigenvalue weighted by Gasteiger charge is -2.13. The average Bonchev–Trinajstić information content (AvgIpc) is 3.13. The second-order valence-electron chi connectivity index (χ2n) is 10.7. The van der Waals surface area contributed by atoms with Gasteiger partial charge in [0.1, 0.15) is 28.6 Å². The molecule has 0 N–H and O–H groups in total. The van der Waals surface area contributed by atoms with Crippen molar-refractivity contribution in [1.29, 1.82) is 0 Å². The van der Waals surface area contributed by atoms with Crippen LogP contribution in [0, 0.1) is 0 Å². The first kappa shape index (κ1) is 40.3. The fourth-order valence-corrected chi connectivity index (χ4v) is 4.11. The van der Waals surface area contributed by atoms with Crippen LogP contribution in [0.2, 0.25) is 0 Å². The molecular weight excluding hydrogens is 685 g/mol. The highest BCUT2D eigenvalue weighted by Crippen LogP contribution is 2.38. The summed E-state index contributed by atoms with van der Waals surface area (Å²) in [6.07, 6.45) is 4.61. The van der Waals surface area contributed by atoms with Gasteiger partial charge in [-0.3, -0.25) is 0 Å². The summed E-state index contributed by atoms with van der Waals surface area (Å²) in [5.41, 5.74) is -0.139. The summed E-state index contributed by atoms with van der Waals surface area (Å²) < 4.78 is 72.6. The number of carbonyl (C=O) groups excluding carboxylic acids is 4. The van der Waals surface area contributed by atoms with Crippen LogP contribution in [0.4, 0.5) is 13.2 Å². The predicted octanol–water partition coefficient (Wildman–Crippen LogP) is 7.72. The van der Waals surface area contributed by atoms with Crippen LogP contribution in [-0.2, 0) is 34.8 Å². The van der Waals surface area contributed by atoms with Crippen molar-refractivity contribution in [3.05, 3.63) is 121 Å². The topological polar surface area (TPSA) is 124 Å². The molecule has 0 bridgehead atoms. The highest BCUT2D eigenvalue weighted by molar-refractivity contribution is 5.90. The fraction of sp³-hybridized carbons (Fsp3) is 0.231. The van der Waals surface area contributed by atoms with E-state index in [1.54, 1.807) is 48.5 Å². The van der Waals surface area contributed by atoms with E-state index in [-0.39, 0.29) is 13.2 Å². The number of esters is 4. The van der Waals surface area contributed by atoms with E-state index in [0.29, 0.717) is 67.6 Å². The maximum Gasteiger partial charge on any atom is 0.420 e. The Morgan fingerprint density at radius 1 is 0.558 bits per heavy atom. The third-order valence-electron chi connectivity index (χ3n) is 6.71. The van der Waals surface area contributed by atoms with Crippen molar-refractivity contribution in [2.75, 3.05) is 26.4 Å². The minimum Gasteiger partial charge on any atom is -0.494 e. The summed E-state index contributed by atoms with van der Waals surface area (Å²) in [7, 11) is 0. The summed E-state index contributed by atoms with van der Waals surface area (Å²) in [5, 5.41) is 0. The smallest absolute Gasteiger partial charge is 0.420 e. The van der Waals surface area contributed by atoms with Crippen molar-refractivity contribution in [3.8, 4) is 23.0 Å². The zero-order valence-electron chi connectivity index (χ0n) is 28.1. The first-order chi connectivity index (χ1) is 25.0. The SMILES string of the molecule is C=CC(=O)OCCCCOc1ccc(/C=C/C(=O)Oc2ccc(OC(=O)/C=C/c3ccc(OCCCCOC(=O)C=C)cc3)c(C(F)(F)F)c2)cc1. The molecule has 13 heteroatoms. The van der Waals surface area contributed by atoms with Crippen LogP contribution in [0.25, 0.3) is 12.2 Å². The fourth-order valence-electron chi connectivity index (χ4n) is 4.11. The Bertz CT molecular complexity index is 1730. The molecule has 0 amide bonds. The number of carbonyl (C=O) groups is 4. The van der Waals surface area contributed by atoms with E-state index in [4.69, 9.17) is 28.4 Å². The number of unbranched alkanes of at least 4 members (excludes halogenated alkanes) is 2. The third kappa shape index (κ3) is 15.2. The minimum atomic E-state index is -4.92. The number of halogens is 3. The predicted molar refractivity (Wildman–Crippen MR) is 185 cm³/mol. The van der Waals surface area contributed by atoms with Gasteiger partial charge in [-0.1, -0.05) is 37.4 Å². The van der Waals surface area contributed by atoms with Crippen molar-refractivity contribution in [3.63, 3.8) is 0 Å². The number of hydrogen-bond acceptors (Lipinski definition) is 10. The number of rotatable bonds is 20. The Morgan fingerprint density at radius 2 is 0.981 bits per heavy atom. The van der Waals surface area contributed by atoms with Crippen LogP contribution in [0.3, 0.4) is 0 Å². The van der Waals surface area contributed by atoms with Crippen molar-refractivity contribution in [2.24, 2.45) is 0 Å². The summed E-state index contributed by atoms with van der Waals surface area (Å²) in [5.74, 6) is -2.99. The maximum absolute atomic E-state index is 13.8. The molecule has 3 aromatic carbocycles. The van der Waals surface area contributed by atoms with E-state index in [9.17, 15) is 32.3 Å². The Kier molecular flexibility index (Phi) is 16.4. The second kappa shape index (κ2) is 21.2. The second-order valence-corrected chi connectivity index (χ2v) is 10.7. The number of hydrogen-bond donors (Lipinski definition) is 0. The van der Waals surface area contributed by atoms with Crippen molar-refractivity contribution in [2.45, 2.75) is 31.9 Å². The van der Waals surface area contributed by atoms with E-state index in [1.165, 1.54) is 12.2 Å². The van der Waals surface area contributed by atoms with E-state index in [0.717, 1.165) is 36.4 Å². The lowest BCUT2D eigenvalue weighted by atomic mass is 10.1. The first-order valence-corrected chi connectivity index (χ1v) is 16.0. The van der Waals surface area contributed by atoms with Gasteiger partial charge in [0.05, 0.1) is 26.4 Å². The Labute approximate surface area is 298 Å². The molecule has 0 aliphatic heterocycles. The maximum atomic E-state index is 13.8. The molecule has 0 fully saturated rings. The molecule has 0 atom stereocenters. The highest BCUT2D eigenvalue weighted by Gasteiger charge is 2.35. The Hall–Kier alpha value is -6.11. The van der Waals surface area contributed by atoms with Gasteiger partial charge in [-0.2, -0.15) is 13.2 Å². The summed E-state index contributed by atoms with van der Waals surface area (Å²) in [6, 6.07) is 15.8. The lowest BCUT2D eigenvalue weighted by Crippen LogP contribution is -2.13. The molecule has 0 radical (unpaired) electrons. The van der Waals surface area contributed by atoms with Gasteiger partial charge in [-0.05, 0) is 91.4 Å². The number of benzene rings is 3. The molecule has 0 aromatic heterocycles. The average molecular weight is 723 g/mol. The minimum absolute atomic E-state index is 0.255. The van der Waals surface area contributed by atoms with Gasteiger partial charge in [0.25, 0.3) is 0 Å². The summed E-state index contributed by atoms with van der Waals surface area (Å²) in [4.78, 5) is 46.8. The Morgan fingerprint density at radius 3 is 1.42 bits per heavy atom. The van der Waals surface area contributed by atoms with Crippen LogP contribution in [0.15, 0.2) is 104 Å². The van der Waals surface area contributed by atoms with E-state index in [2.05, 4.69) is 13.2 Å². The van der Waals surface area contributed by atoms with Gasteiger partial charge in [0.15, 0.2) is 0 Å². The zero-order chi connectivity index (χ0) is 37.8. The molecule has 52 heavy (non-hydrogen) atoms. The van der Waals surface area contributed by atoms with E-state index >= 15 is 0 Å². The van der Waals surface area contributed by atoms with Crippen LogP contribution < -0.4 is 18.9 Å². The molecule has 0 unspecified atom stereocenters. The van der Waals surface area contributed by atoms with E-state index < -0.39 is 47.1 Å². The molecule has 0 aliphatic carbocycles. The quantitative estimate of drug-likeness (QED) is 0.0496. The molecule has 10 nitrogen and oxygen atoms in total. The van der Waals surface area contributed by atoms with Crippen LogP contribution >= 0.6 is 0 Å². The van der Waals surface area contributed by atoms with E-state index in [1.807, 2.05) is 0 Å². The van der Waals surface area contributed by atoms with Gasteiger partial charge >= 0.3 is 30.1 Å². The largest absolute Gasteiger partial charge is 0.494 e. The molecule has 0 heterocycles. The summed E-state index contributed by atoms with van der Waals surface area (Å²) in [6.45, 7) is 7.94. The molecule has 0 saturated heterocycles. The third-order valence-corrected chi connectivity index (χ3v) is 6.71. The summed E-state index contributed by atoms with van der Waals surface area (Å²) >= 11 is 0. The lowest BCUT2D eigenvalue weighted by molar-refractivity contribution is -0.141. The van der Waals surface area contributed by atoms with Crippen LogP contribution in [0.5, 0.6) is 23.0 Å². The van der Waals surface area contributed by atoms with Crippen LogP contribution in [-0.4, -0.2) is 50.3 Å². The molecule has 274 valence electrons. The zero-order valence-corrected chi connectivity index (χ0v) is 28.1. The molecule has 0 saturated carbocycles. The van der Waals surface area contributed by atoms with Crippen molar-refractivity contribution < 1.29 is 60.8 Å². The molecular formula is C39H37F3O10. The normalized spacial score (nSPS) is 11.1. The van der Waals surface area contributed by atoms with Gasteiger partial charge in [-0.25, -0.2) is 19.2 Å².